The molecule has 1 aromatic heterocycles. The van der Waals surface area contributed by atoms with Gasteiger partial charge >= 0.3 is 0 Å². The average molecular weight is 248 g/mol. The molecule has 0 saturated heterocycles. The molecule has 1 N–H and O–H groups in total. The van der Waals surface area contributed by atoms with Gasteiger partial charge in [0.05, 0.1) is 6.10 Å². The molecule has 1 saturated carbocycles. The van der Waals surface area contributed by atoms with Gasteiger partial charge in [-0.05, 0) is 38.2 Å². The van der Waals surface area contributed by atoms with Crippen molar-refractivity contribution in [1.82, 2.24) is 4.98 Å². The Morgan fingerprint density at radius 2 is 2.11 bits per heavy atom. The molecule has 3 nitrogen and oxygen atoms in total. The number of hydrogen-bond donors (Lipinski definition) is 1. The predicted molar refractivity (Wildman–Crippen MR) is 74.7 cm³/mol. The van der Waals surface area contributed by atoms with Gasteiger partial charge < -0.3 is 10.0 Å². The smallest absolute Gasteiger partial charge is 0.134 e. The van der Waals surface area contributed by atoms with Crippen LogP contribution < -0.4 is 4.90 Å². The second kappa shape index (κ2) is 5.70. The third-order valence-corrected chi connectivity index (χ3v) is 3.47. The minimum absolute atomic E-state index is 0.450. The number of pyridine rings is 1. The van der Waals surface area contributed by atoms with Crippen molar-refractivity contribution in [3.8, 4) is 0 Å². The minimum atomic E-state index is -0.450. The summed E-state index contributed by atoms with van der Waals surface area (Å²) in [5.41, 5.74) is 0.952. The SMILES string of the molecule is CC(C)CCN(c1ncccc1[C@@H](C)O)C1CC1. The standard InChI is InChI=1S/C15H24N2O/c1-11(2)8-10-17(13-6-7-13)15-14(12(3)18)5-4-9-16-15/h4-5,9,11-13,18H,6-8,10H2,1-3H3/t12-/m1/s1. The summed E-state index contributed by atoms with van der Waals surface area (Å²) in [6.45, 7) is 7.35. The van der Waals surface area contributed by atoms with Crippen LogP contribution in [0.4, 0.5) is 5.82 Å². The van der Waals surface area contributed by atoms with Crippen LogP contribution in [0.25, 0.3) is 0 Å². The lowest BCUT2D eigenvalue weighted by molar-refractivity contribution is 0.199. The fraction of sp³-hybridized carbons (Fsp3) is 0.667. The van der Waals surface area contributed by atoms with Gasteiger partial charge in [0.15, 0.2) is 0 Å². The minimum Gasteiger partial charge on any atom is -0.389 e. The summed E-state index contributed by atoms with van der Waals surface area (Å²) >= 11 is 0. The first kappa shape index (κ1) is 13.3. The Labute approximate surface area is 110 Å². The Balaban J connectivity index is 2.19. The fourth-order valence-electron chi connectivity index (χ4n) is 2.22. The number of aromatic nitrogens is 1. The van der Waals surface area contributed by atoms with E-state index < -0.39 is 6.10 Å². The highest BCUT2D eigenvalue weighted by Gasteiger charge is 2.31. The Kier molecular flexibility index (Phi) is 4.23. The van der Waals surface area contributed by atoms with Crippen LogP contribution in [-0.4, -0.2) is 22.7 Å². The van der Waals surface area contributed by atoms with Gasteiger partial charge in [0, 0.05) is 24.3 Å². The number of nitrogens with zero attached hydrogens (tertiary/aromatic N) is 2. The van der Waals surface area contributed by atoms with Gasteiger partial charge in [-0.15, -0.1) is 0 Å². The first-order valence-corrected chi connectivity index (χ1v) is 6.99. The second-order valence-corrected chi connectivity index (χ2v) is 5.70. The monoisotopic (exact) mass is 248 g/mol. The highest BCUT2D eigenvalue weighted by Crippen LogP contribution is 2.34. The van der Waals surface area contributed by atoms with Crippen molar-refractivity contribution in [2.24, 2.45) is 5.92 Å². The van der Waals surface area contributed by atoms with E-state index >= 15 is 0 Å². The zero-order chi connectivity index (χ0) is 13.1. The number of hydrogen-bond acceptors (Lipinski definition) is 3. The lowest BCUT2D eigenvalue weighted by Gasteiger charge is -2.27. The predicted octanol–water partition coefficient (Wildman–Crippen LogP) is 3.15. The van der Waals surface area contributed by atoms with Gasteiger partial charge in [-0.3, -0.25) is 0 Å². The second-order valence-electron chi connectivity index (χ2n) is 5.70. The van der Waals surface area contributed by atoms with E-state index in [1.165, 1.54) is 19.3 Å². The summed E-state index contributed by atoms with van der Waals surface area (Å²) < 4.78 is 0. The molecule has 18 heavy (non-hydrogen) atoms. The van der Waals surface area contributed by atoms with E-state index in [0.29, 0.717) is 12.0 Å². The van der Waals surface area contributed by atoms with Crippen LogP contribution in [0, 0.1) is 5.92 Å². The molecular weight excluding hydrogens is 224 g/mol. The van der Waals surface area contributed by atoms with Gasteiger partial charge in [-0.1, -0.05) is 19.9 Å². The molecule has 0 unspecified atom stereocenters. The molecule has 2 rings (SSSR count). The normalized spacial score (nSPS) is 16.9. The molecule has 0 bridgehead atoms. The molecule has 0 spiro atoms. The highest BCUT2D eigenvalue weighted by molar-refractivity contribution is 5.49. The maximum atomic E-state index is 9.87. The van der Waals surface area contributed by atoms with Crippen LogP contribution in [0.1, 0.15) is 51.7 Å². The first-order chi connectivity index (χ1) is 8.59. The van der Waals surface area contributed by atoms with E-state index in [4.69, 9.17) is 0 Å². The molecular formula is C15H24N2O. The molecule has 1 aliphatic rings. The molecule has 0 aliphatic heterocycles. The van der Waals surface area contributed by atoms with Gasteiger partial charge in [0.1, 0.15) is 5.82 Å². The van der Waals surface area contributed by atoms with E-state index in [1.807, 2.05) is 25.3 Å². The Hall–Kier alpha value is -1.09. The summed E-state index contributed by atoms with van der Waals surface area (Å²) in [5, 5.41) is 9.87. The van der Waals surface area contributed by atoms with E-state index in [-0.39, 0.29) is 0 Å². The zero-order valence-corrected chi connectivity index (χ0v) is 11.6. The average Bonchev–Trinajstić information content (AvgIpc) is 3.14. The third kappa shape index (κ3) is 3.22. The Morgan fingerprint density at radius 1 is 1.39 bits per heavy atom. The summed E-state index contributed by atoms with van der Waals surface area (Å²) in [6, 6.07) is 4.52. The Morgan fingerprint density at radius 3 is 2.67 bits per heavy atom. The van der Waals surface area contributed by atoms with Crippen molar-refractivity contribution in [3.05, 3.63) is 23.9 Å². The molecule has 1 aromatic rings. The van der Waals surface area contributed by atoms with E-state index in [9.17, 15) is 5.11 Å². The van der Waals surface area contributed by atoms with E-state index in [0.717, 1.165) is 17.9 Å². The van der Waals surface area contributed by atoms with Crippen LogP contribution in [0.15, 0.2) is 18.3 Å². The molecule has 0 aromatic carbocycles. The first-order valence-electron chi connectivity index (χ1n) is 6.99. The van der Waals surface area contributed by atoms with Crippen LogP contribution in [0.5, 0.6) is 0 Å². The van der Waals surface area contributed by atoms with Crippen molar-refractivity contribution in [2.75, 3.05) is 11.4 Å². The van der Waals surface area contributed by atoms with Crippen molar-refractivity contribution >= 4 is 5.82 Å². The molecule has 3 heteroatoms. The van der Waals surface area contributed by atoms with Gasteiger partial charge in [0.25, 0.3) is 0 Å². The lowest BCUT2D eigenvalue weighted by Crippen LogP contribution is -2.29. The van der Waals surface area contributed by atoms with Crippen LogP contribution in [-0.2, 0) is 0 Å². The molecule has 1 aliphatic carbocycles. The maximum Gasteiger partial charge on any atom is 0.134 e. The third-order valence-electron chi connectivity index (χ3n) is 3.47. The van der Waals surface area contributed by atoms with Crippen LogP contribution >= 0.6 is 0 Å². The lowest BCUT2D eigenvalue weighted by atomic mass is 10.1. The largest absolute Gasteiger partial charge is 0.389 e. The number of aliphatic hydroxyl groups is 1. The molecule has 1 fully saturated rings. The van der Waals surface area contributed by atoms with Crippen molar-refractivity contribution in [2.45, 2.75) is 52.2 Å². The molecule has 100 valence electrons. The van der Waals surface area contributed by atoms with Gasteiger partial charge in [0.2, 0.25) is 0 Å². The fourth-order valence-corrected chi connectivity index (χ4v) is 2.22. The zero-order valence-electron chi connectivity index (χ0n) is 11.6. The summed E-state index contributed by atoms with van der Waals surface area (Å²) in [5.74, 6) is 1.68. The number of aliphatic hydroxyl groups excluding tert-OH is 1. The Bertz CT molecular complexity index is 386. The quantitative estimate of drug-likeness (QED) is 0.840. The maximum absolute atomic E-state index is 9.87. The van der Waals surface area contributed by atoms with Crippen molar-refractivity contribution < 1.29 is 5.11 Å². The topological polar surface area (TPSA) is 36.4 Å². The van der Waals surface area contributed by atoms with E-state index in [2.05, 4.69) is 23.7 Å². The summed E-state index contributed by atoms with van der Waals surface area (Å²) in [6.07, 6.45) is 5.06. The molecule has 1 heterocycles. The van der Waals surface area contributed by atoms with Crippen molar-refractivity contribution in [3.63, 3.8) is 0 Å². The highest BCUT2D eigenvalue weighted by atomic mass is 16.3. The van der Waals surface area contributed by atoms with Crippen LogP contribution in [0.3, 0.4) is 0 Å². The molecule has 0 radical (unpaired) electrons. The van der Waals surface area contributed by atoms with Crippen molar-refractivity contribution in [1.29, 1.82) is 0 Å². The van der Waals surface area contributed by atoms with Crippen LogP contribution in [0.2, 0.25) is 0 Å². The number of anilines is 1. The summed E-state index contributed by atoms with van der Waals surface area (Å²) in [4.78, 5) is 6.90. The summed E-state index contributed by atoms with van der Waals surface area (Å²) in [7, 11) is 0. The van der Waals surface area contributed by atoms with Gasteiger partial charge in [-0.2, -0.15) is 0 Å². The molecule has 1 atom stereocenters. The molecule has 0 amide bonds. The number of rotatable bonds is 6. The van der Waals surface area contributed by atoms with Gasteiger partial charge in [-0.25, -0.2) is 4.98 Å². The van der Waals surface area contributed by atoms with E-state index in [1.54, 1.807) is 0 Å².